The third-order valence-corrected chi connectivity index (χ3v) is 4.68. The SMILES string of the molecule is Cc1nnsc1C(=O)N[C@H]1CCN(c2ccc3nncn3n2)C1. The van der Waals surface area contributed by atoms with Gasteiger partial charge in [-0.25, -0.2) is 0 Å². The van der Waals surface area contributed by atoms with Gasteiger partial charge in [0.2, 0.25) is 0 Å². The Hall–Kier alpha value is -2.62. The molecule has 1 aliphatic rings. The molecule has 9 nitrogen and oxygen atoms in total. The van der Waals surface area contributed by atoms with Gasteiger partial charge in [-0.3, -0.25) is 4.79 Å². The molecule has 1 atom stereocenters. The molecule has 1 aliphatic heterocycles. The molecule has 10 heteroatoms. The van der Waals surface area contributed by atoms with Gasteiger partial charge in [0, 0.05) is 19.1 Å². The first-order chi connectivity index (χ1) is 11.2. The maximum Gasteiger partial charge on any atom is 0.265 e. The van der Waals surface area contributed by atoms with E-state index in [1.165, 1.54) is 0 Å². The normalized spacial score (nSPS) is 17.8. The van der Waals surface area contributed by atoms with Crippen molar-refractivity contribution in [3.05, 3.63) is 29.0 Å². The number of aromatic nitrogens is 6. The molecule has 4 rings (SSSR count). The number of fused-ring (bicyclic) bond motifs is 1. The van der Waals surface area contributed by atoms with Crippen LogP contribution >= 0.6 is 11.5 Å². The van der Waals surface area contributed by atoms with Gasteiger partial charge in [-0.15, -0.1) is 20.4 Å². The van der Waals surface area contributed by atoms with Gasteiger partial charge in [-0.2, -0.15) is 4.52 Å². The largest absolute Gasteiger partial charge is 0.353 e. The molecule has 0 saturated carbocycles. The van der Waals surface area contributed by atoms with Gasteiger partial charge < -0.3 is 10.2 Å². The molecular formula is C13H14N8OS. The Morgan fingerprint density at radius 1 is 1.39 bits per heavy atom. The maximum atomic E-state index is 12.2. The molecule has 1 fully saturated rings. The first kappa shape index (κ1) is 14.0. The Kier molecular flexibility index (Phi) is 3.37. The summed E-state index contributed by atoms with van der Waals surface area (Å²) >= 11 is 1.12. The molecule has 0 unspecified atom stereocenters. The average Bonchev–Trinajstić information content (AvgIpc) is 3.26. The van der Waals surface area contributed by atoms with Gasteiger partial charge in [-0.1, -0.05) is 4.49 Å². The minimum absolute atomic E-state index is 0.0856. The Morgan fingerprint density at radius 2 is 2.30 bits per heavy atom. The monoisotopic (exact) mass is 330 g/mol. The smallest absolute Gasteiger partial charge is 0.265 e. The van der Waals surface area contributed by atoms with Crippen LogP contribution in [0.1, 0.15) is 21.8 Å². The van der Waals surface area contributed by atoms with Crippen LogP contribution in [0, 0.1) is 6.92 Å². The van der Waals surface area contributed by atoms with E-state index in [9.17, 15) is 4.79 Å². The van der Waals surface area contributed by atoms with Crippen molar-refractivity contribution in [3.63, 3.8) is 0 Å². The molecule has 3 aromatic heterocycles. The summed E-state index contributed by atoms with van der Waals surface area (Å²) in [7, 11) is 0. The molecule has 23 heavy (non-hydrogen) atoms. The predicted molar refractivity (Wildman–Crippen MR) is 83.5 cm³/mol. The van der Waals surface area contributed by atoms with Gasteiger partial charge in [0.05, 0.1) is 5.69 Å². The van der Waals surface area contributed by atoms with E-state index >= 15 is 0 Å². The summed E-state index contributed by atoms with van der Waals surface area (Å²) in [4.78, 5) is 14.9. The van der Waals surface area contributed by atoms with E-state index in [2.05, 4.69) is 35.1 Å². The number of carbonyl (C=O) groups excluding carboxylic acids is 1. The predicted octanol–water partition coefficient (Wildman–Crippen LogP) is 0.293. The molecule has 1 N–H and O–H groups in total. The Morgan fingerprint density at radius 3 is 3.13 bits per heavy atom. The fourth-order valence-corrected chi connectivity index (χ4v) is 3.22. The van der Waals surface area contributed by atoms with E-state index in [0.29, 0.717) is 16.2 Å². The van der Waals surface area contributed by atoms with E-state index in [4.69, 9.17) is 0 Å². The summed E-state index contributed by atoms with van der Waals surface area (Å²) in [6.45, 7) is 3.35. The van der Waals surface area contributed by atoms with Crippen molar-refractivity contribution >= 4 is 28.9 Å². The third kappa shape index (κ3) is 2.61. The number of aryl methyl sites for hydroxylation is 1. The average molecular weight is 330 g/mol. The van der Waals surface area contributed by atoms with Gasteiger partial charge in [0.1, 0.15) is 17.0 Å². The summed E-state index contributed by atoms with van der Waals surface area (Å²) in [6, 6.07) is 3.89. The maximum absolute atomic E-state index is 12.2. The van der Waals surface area contributed by atoms with Crippen LogP contribution in [0.3, 0.4) is 0 Å². The number of hydrogen-bond acceptors (Lipinski definition) is 8. The summed E-state index contributed by atoms with van der Waals surface area (Å²) in [5.41, 5.74) is 1.38. The van der Waals surface area contributed by atoms with Crippen molar-refractivity contribution in [2.45, 2.75) is 19.4 Å². The lowest BCUT2D eigenvalue weighted by Gasteiger charge is -2.17. The minimum atomic E-state index is -0.105. The molecule has 4 heterocycles. The quantitative estimate of drug-likeness (QED) is 0.736. The lowest BCUT2D eigenvalue weighted by molar-refractivity contribution is 0.0943. The van der Waals surface area contributed by atoms with Gasteiger partial charge in [0.25, 0.3) is 5.91 Å². The number of nitrogens with zero attached hydrogens (tertiary/aromatic N) is 7. The number of anilines is 1. The highest BCUT2D eigenvalue weighted by atomic mass is 32.1. The summed E-state index contributed by atoms with van der Waals surface area (Å²) in [5.74, 6) is 0.747. The molecule has 0 aromatic carbocycles. The highest BCUT2D eigenvalue weighted by Gasteiger charge is 2.26. The van der Waals surface area contributed by atoms with Gasteiger partial charge in [0.15, 0.2) is 5.65 Å². The molecule has 0 spiro atoms. The summed E-state index contributed by atoms with van der Waals surface area (Å²) in [5, 5.41) is 19.2. The Bertz CT molecular complexity index is 858. The van der Waals surface area contributed by atoms with Crippen molar-refractivity contribution < 1.29 is 4.79 Å². The van der Waals surface area contributed by atoms with E-state index in [1.807, 2.05) is 12.1 Å². The van der Waals surface area contributed by atoms with E-state index in [0.717, 1.165) is 36.9 Å². The molecule has 1 saturated heterocycles. The van der Waals surface area contributed by atoms with E-state index in [1.54, 1.807) is 17.8 Å². The fraction of sp³-hybridized carbons (Fsp3) is 0.385. The second-order valence-electron chi connectivity index (χ2n) is 5.42. The fourth-order valence-electron chi connectivity index (χ4n) is 2.66. The molecule has 0 aliphatic carbocycles. The summed E-state index contributed by atoms with van der Waals surface area (Å²) in [6.07, 6.45) is 2.45. The molecular weight excluding hydrogens is 316 g/mol. The second-order valence-corrected chi connectivity index (χ2v) is 6.17. The van der Waals surface area contributed by atoms with Crippen molar-refractivity contribution in [2.24, 2.45) is 0 Å². The molecule has 0 bridgehead atoms. The van der Waals surface area contributed by atoms with Crippen molar-refractivity contribution in [1.82, 2.24) is 34.7 Å². The van der Waals surface area contributed by atoms with Crippen LogP contribution in [0.15, 0.2) is 18.5 Å². The topological polar surface area (TPSA) is 101 Å². The van der Waals surface area contributed by atoms with Crippen LogP contribution in [0.4, 0.5) is 5.82 Å². The zero-order valence-corrected chi connectivity index (χ0v) is 13.2. The van der Waals surface area contributed by atoms with Crippen LogP contribution in [-0.2, 0) is 0 Å². The molecule has 3 aromatic rings. The minimum Gasteiger partial charge on any atom is -0.353 e. The number of rotatable bonds is 3. The molecule has 0 radical (unpaired) electrons. The van der Waals surface area contributed by atoms with Crippen LogP contribution < -0.4 is 10.2 Å². The standard InChI is InChI=1S/C13H14N8OS/c1-8-12(23-19-16-8)13(22)15-9-4-5-20(6-9)11-3-2-10-17-14-7-21(10)18-11/h2-3,7,9H,4-6H2,1H3,(H,15,22)/t9-/m0/s1. The lowest BCUT2D eigenvalue weighted by atomic mass is 10.2. The van der Waals surface area contributed by atoms with E-state index in [-0.39, 0.29) is 11.9 Å². The number of hydrogen-bond donors (Lipinski definition) is 1. The number of amides is 1. The van der Waals surface area contributed by atoms with Crippen LogP contribution in [0.25, 0.3) is 5.65 Å². The zero-order chi connectivity index (χ0) is 15.8. The van der Waals surface area contributed by atoms with Crippen LogP contribution in [0.2, 0.25) is 0 Å². The number of nitrogens with one attached hydrogen (secondary N) is 1. The van der Waals surface area contributed by atoms with Crippen molar-refractivity contribution in [3.8, 4) is 0 Å². The van der Waals surface area contributed by atoms with E-state index < -0.39 is 0 Å². The lowest BCUT2D eigenvalue weighted by Crippen LogP contribution is -2.37. The second kappa shape index (κ2) is 5.54. The van der Waals surface area contributed by atoms with Crippen molar-refractivity contribution in [2.75, 3.05) is 18.0 Å². The first-order valence-corrected chi connectivity index (χ1v) is 8.00. The van der Waals surface area contributed by atoms with Crippen LogP contribution in [-0.4, -0.2) is 54.4 Å². The Balaban J connectivity index is 1.44. The first-order valence-electron chi connectivity index (χ1n) is 7.22. The summed E-state index contributed by atoms with van der Waals surface area (Å²) < 4.78 is 5.45. The van der Waals surface area contributed by atoms with Gasteiger partial charge >= 0.3 is 0 Å². The van der Waals surface area contributed by atoms with Crippen molar-refractivity contribution in [1.29, 1.82) is 0 Å². The van der Waals surface area contributed by atoms with Crippen LogP contribution in [0.5, 0.6) is 0 Å². The third-order valence-electron chi connectivity index (χ3n) is 3.85. The highest BCUT2D eigenvalue weighted by Crippen LogP contribution is 2.19. The zero-order valence-electron chi connectivity index (χ0n) is 12.4. The Labute approximate surface area is 135 Å². The molecule has 1 amide bonds. The molecule has 118 valence electrons. The highest BCUT2D eigenvalue weighted by molar-refractivity contribution is 7.08. The van der Waals surface area contributed by atoms with Gasteiger partial charge in [-0.05, 0) is 37.0 Å². The number of carbonyl (C=O) groups is 1.